The van der Waals surface area contributed by atoms with Crippen LogP contribution >= 0.6 is 11.3 Å². The minimum Gasteiger partial charge on any atom is -0.310 e. The van der Waals surface area contributed by atoms with Crippen LogP contribution < -0.4 is 5.32 Å². The Bertz CT molecular complexity index is 396. The zero-order valence-electron chi connectivity index (χ0n) is 13.2. The molecule has 1 N–H and O–H groups in total. The Hall–Kier alpha value is -0.490. The highest BCUT2D eigenvalue weighted by Crippen LogP contribution is 2.14. The Morgan fingerprint density at radius 2 is 2.00 bits per heavy atom. The fourth-order valence-electron chi connectivity index (χ4n) is 2.77. The molecule has 1 aliphatic rings. The van der Waals surface area contributed by atoms with E-state index < -0.39 is 0 Å². The van der Waals surface area contributed by atoms with Crippen LogP contribution in [0.5, 0.6) is 0 Å². The van der Waals surface area contributed by atoms with Crippen LogP contribution in [0.3, 0.4) is 0 Å². The Morgan fingerprint density at radius 3 is 2.55 bits per heavy atom. The first kappa shape index (κ1) is 15.9. The summed E-state index contributed by atoms with van der Waals surface area (Å²) < 4.78 is 0. The summed E-state index contributed by atoms with van der Waals surface area (Å²) in [6.07, 6.45) is 0. The molecule has 1 saturated heterocycles. The second-order valence-corrected chi connectivity index (χ2v) is 7.08. The Morgan fingerprint density at radius 1 is 1.30 bits per heavy atom. The summed E-state index contributed by atoms with van der Waals surface area (Å²) in [6, 6.07) is 0.636. The first-order chi connectivity index (χ1) is 9.58. The molecule has 4 nitrogen and oxygen atoms in total. The molecule has 2 heterocycles. The lowest BCUT2D eigenvalue weighted by atomic mass is 10.0. The molecular formula is C15H28N4S. The minimum absolute atomic E-state index is 0.636. The van der Waals surface area contributed by atoms with Crippen LogP contribution in [0.25, 0.3) is 0 Å². The normalized spacial score (nSPS) is 19.6. The predicted molar refractivity (Wildman–Crippen MR) is 86.3 cm³/mol. The van der Waals surface area contributed by atoms with Crippen LogP contribution in [0.15, 0.2) is 5.51 Å². The van der Waals surface area contributed by atoms with E-state index in [4.69, 9.17) is 0 Å². The van der Waals surface area contributed by atoms with Crippen molar-refractivity contribution in [3.05, 3.63) is 16.1 Å². The Balaban J connectivity index is 1.82. The molecule has 0 radical (unpaired) electrons. The van der Waals surface area contributed by atoms with Gasteiger partial charge in [-0.05, 0) is 19.9 Å². The molecule has 1 atom stereocenters. The number of aromatic nitrogens is 1. The number of hydrogen-bond acceptors (Lipinski definition) is 5. The number of aryl methyl sites for hydroxylation is 1. The van der Waals surface area contributed by atoms with E-state index in [1.807, 2.05) is 5.51 Å². The van der Waals surface area contributed by atoms with Crippen LogP contribution in [0.2, 0.25) is 0 Å². The van der Waals surface area contributed by atoms with E-state index in [1.165, 1.54) is 36.8 Å². The van der Waals surface area contributed by atoms with Crippen molar-refractivity contribution in [1.29, 1.82) is 0 Å². The van der Waals surface area contributed by atoms with E-state index in [1.54, 1.807) is 11.3 Å². The number of hydrogen-bond donors (Lipinski definition) is 1. The highest BCUT2D eigenvalue weighted by molar-refractivity contribution is 7.09. The van der Waals surface area contributed by atoms with Crippen molar-refractivity contribution in [2.45, 2.75) is 33.4 Å². The van der Waals surface area contributed by atoms with Crippen molar-refractivity contribution in [2.24, 2.45) is 5.92 Å². The largest absolute Gasteiger partial charge is 0.310 e. The number of nitrogens with zero attached hydrogens (tertiary/aromatic N) is 3. The van der Waals surface area contributed by atoms with Crippen molar-refractivity contribution in [1.82, 2.24) is 20.1 Å². The lowest BCUT2D eigenvalue weighted by Crippen LogP contribution is -2.53. The maximum atomic E-state index is 4.31. The Labute approximate surface area is 127 Å². The van der Waals surface area contributed by atoms with Crippen LogP contribution in [0.1, 0.15) is 24.4 Å². The van der Waals surface area contributed by atoms with Gasteiger partial charge in [0.05, 0.1) is 11.2 Å². The molecule has 1 unspecified atom stereocenters. The van der Waals surface area contributed by atoms with Gasteiger partial charge in [-0.15, -0.1) is 11.3 Å². The smallest absolute Gasteiger partial charge is 0.0798 e. The summed E-state index contributed by atoms with van der Waals surface area (Å²) in [6.45, 7) is 13.6. The van der Waals surface area contributed by atoms with E-state index >= 15 is 0 Å². The van der Waals surface area contributed by atoms with Crippen LogP contribution in [-0.4, -0.2) is 60.6 Å². The van der Waals surface area contributed by atoms with Gasteiger partial charge in [0.25, 0.3) is 0 Å². The van der Waals surface area contributed by atoms with Gasteiger partial charge in [-0.1, -0.05) is 13.8 Å². The zero-order valence-corrected chi connectivity index (χ0v) is 14.0. The maximum Gasteiger partial charge on any atom is 0.0798 e. The molecule has 5 heteroatoms. The standard InChI is InChI=1S/C15H28N4S/c1-12(2)14(19-7-5-18(4)6-8-19)9-16-10-15-13(3)17-11-20-15/h11-12,14,16H,5-10H2,1-4H3. The number of nitrogens with one attached hydrogen (secondary N) is 1. The lowest BCUT2D eigenvalue weighted by Gasteiger charge is -2.40. The van der Waals surface area contributed by atoms with Gasteiger partial charge in [0.15, 0.2) is 0 Å². The SMILES string of the molecule is Cc1ncsc1CNCC(C(C)C)N1CCN(C)CC1. The average molecular weight is 296 g/mol. The average Bonchev–Trinajstić information content (AvgIpc) is 2.81. The molecule has 1 aromatic rings. The second kappa shape index (κ2) is 7.50. The summed E-state index contributed by atoms with van der Waals surface area (Å²) in [5.41, 5.74) is 3.11. The van der Waals surface area contributed by atoms with Crippen molar-refractivity contribution in [2.75, 3.05) is 39.8 Å². The lowest BCUT2D eigenvalue weighted by molar-refractivity contribution is 0.0875. The third-order valence-electron chi connectivity index (χ3n) is 4.26. The molecule has 0 aromatic carbocycles. The van der Waals surface area contributed by atoms with Crippen LogP contribution in [-0.2, 0) is 6.54 Å². The fourth-order valence-corrected chi connectivity index (χ4v) is 3.52. The van der Waals surface area contributed by atoms with E-state index in [-0.39, 0.29) is 0 Å². The molecular weight excluding hydrogens is 268 g/mol. The monoisotopic (exact) mass is 296 g/mol. The Kier molecular flexibility index (Phi) is 5.96. The first-order valence-corrected chi connectivity index (χ1v) is 8.48. The van der Waals surface area contributed by atoms with Crippen LogP contribution in [0, 0.1) is 12.8 Å². The minimum atomic E-state index is 0.636. The van der Waals surface area contributed by atoms with Gasteiger partial charge in [0.1, 0.15) is 0 Å². The number of rotatable bonds is 6. The van der Waals surface area contributed by atoms with Gasteiger partial charge in [0.2, 0.25) is 0 Å². The second-order valence-electron chi connectivity index (χ2n) is 6.14. The van der Waals surface area contributed by atoms with Gasteiger partial charge in [0, 0.05) is 50.2 Å². The third kappa shape index (κ3) is 4.25. The molecule has 1 aliphatic heterocycles. The number of thiazole rings is 1. The molecule has 0 amide bonds. The molecule has 0 aliphatic carbocycles. The molecule has 114 valence electrons. The topological polar surface area (TPSA) is 31.4 Å². The summed E-state index contributed by atoms with van der Waals surface area (Å²) in [4.78, 5) is 10.7. The van der Waals surface area contributed by atoms with Crippen molar-refractivity contribution >= 4 is 11.3 Å². The van der Waals surface area contributed by atoms with Crippen LogP contribution in [0.4, 0.5) is 0 Å². The molecule has 0 bridgehead atoms. The van der Waals surface area contributed by atoms with Gasteiger partial charge in [-0.3, -0.25) is 4.90 Å². The predicted octanol–water partition coefficient (Wildman–Crippen LogP) is 1.81. The highest BCUT2D eigenvalue weighted by Gasteiger charge is 2.24. The molecule has 1 fully saturated rings. The number of likely N-dealkylation sites (N-methyl/N-ethyl adjacent to an activating group) is 1. The van der Waals surface area contributed by atoms with Crippen molar-refractivity contribution in [3.8, 4) is 0 Å². The van der Waals surface area contributed by atoms with E-state index in [9.17, 15) is 0 Å². The van der Waals surface area contributed by atoms with E-state index in [0.29, 0.717) is 12.0 Å². The summed E-state index contributed by atoms with van der Waals surface area (Å²) in [7, 11) is 2.21. The summed E-state index contributed by atoms with van der Waals surface area (Å²) in [5, 5.41) is 3.63. The van der Waals surface area contributed by atoms with Gasteiger partial charge >= 0.3 is 0 Å². The highest BCUT2D eigenvalue weighted by atomic mass is 32.1. The maximum absolute atomic E-state index is 4.31. The molecule has 1 aromatic heterocycles. The van der Waals surface area contributed by atoms with Crippen molar-refractivity contribution < 1.29 is 0 Å². The quantitative estimate of drug-likeness (QED) is 0.867. The summed E-state index contributed by atoms with van der Waals surface area (Å²) in [5.74, 6) is 0.688. The fraction of sp³-hybridized carbons (Fsp3) is 0.800. The van der Waals surface area contributed by atoms with Gasteiger partial charge in [-0.25, -0.2) is 4.98 Å². The molecule has 0 saturated carbocycles. The summed E-state index contributed by atoms with van der Waals surface area (Å²) >= 11 is 1.75. The van der Waals surface area contributed by atoms with E-state index in [0.717, 1.165) is 13.1 Å². The molecule has 2 rings (SSSR count). The number of piperazine rings is 1. The molecule has 0 spiro atoms. The third-order valence-corrected chi connectivity index (χ3v) is 5.20. The molecule has 20 heavy (non-hydrogen) atoms. The van der Waals surface area contributed by atoms with Gasteiger partial charge < -0.3 is 10.2 Å². The van der Waals surface area contributed by atoms with Gasteiger partial charge in [-0.2, -0.15) is 0 Å². The van der Waals surface area contributed by atoms with E-state index in [2.05, 4.69) is 47.9 Å². The first-order valence-electron chi connectivity index (χ1n) is 7.60. The van der Waals surface area contributed by atoms with Crippen molar-refractivity contribution in [3.63, 3.8) is 0 Å². The zero-order chi connectivity index (χ0) is 14.5.